The van der Waals surface area contributed by atoms with Gasteiger partial charge in [-0.1, -0.05) is 6.92 Å². The lowest BCUT2D eigenvalue weighted by Crippen LogP contribution is -2.17. The second-order valence-corrected chi connectivity index (χ2v) is 5.59. The van der Waals surface area contributed by atoms with Crippen molar-refractivity contribution in [3.05, 3.63) is 33.4 Å². The lowest BCUT2D eigenvalue weighted by atomic mass is 10.1. The maximum Gasteiger partial charge on any atom is 0.343 e. The first-order chi connectivity index (χ1) is 9.93. The molecule has 0 saturated heterocycles. The fourth-order valence-corrected chi connectivity index (χ4v) is 3.11. The van der Waals surface area contributed by atoms with E-state index in [-0.39, 0.29) is 11.3 Å². The summed E-state index contributed by atoms with van der Waals surface area (Å²) in [4.78, 5) is 27.4. The Hall–Kier alpha value is -2.09. The van der Waals surface area contributed by atoms with Crippen molar-refractivity contribution >= 4 is 17.7 Å². The molecule has 21 heavy (non-hydrogen) atoms. The third kappa shape index (κ3) is 3.15. The smallest absolute Gasteiger partial charge is 0.343 e. The number of hydrogen-bond acceptors (Lipinski definition) is 5. The molecule has 7 nitrogen and oxygen atoms in total. The lowest BCUT2D eigenvalue weighted by molar-refractivity contribution is 0.0691. The molecule has 0 spiro atoms. The molecule has 0 atom stereocenters. The van der Waals surface area contributed by atoms with Crippen LogP contribution < -0.4 is 5.69 Å². The Kier molecular flexibility index (Phi) is 4.46. The highest BCUT2D eigenvalue weighted by Crippen LogP contribution is 2.29. The van der Waals surface area contributed by atoms with Gasteiger partial charge in [-0.15, -0.1) is 5.10 Å². The quantitative estimate of drug-likeness (QED) is 0.874. The van der Waals surface area contributed by atoms with Crippen LogP contribution in [0.15, 0.2) is 21.0 Å². The number of rotatable bonds is 5. The van der Waals surface area contributed by atoms with Gasteiger partial charge in [0.05, 0.1) is 5.56 Å². The number of hydrogen-bond donors (Lipinski definition) is 2. The number of aromatic carboxylic acids is 1. The van der Waals surface area contributed by atoms with E-state index in [9.17, 15) is 14.7 Å². The Balaban J connectivity index is 2.49. The largest absolute Gasteiger partial charge is 0.478 e. The standard InChI is InChI=1S/C13H16N4O3S/c1-4-5-17-12(20)15-16-13(17)21-10-9(11(18)19)7(2)6-8(3)14-10/h6H,4-5H2,1-3H3,(H,15,20)(H,18,19). The number of carboxylic acid groups (broad SMARTS) is 1. The number of aromatic nitrogens is 4. The molecule has 2 heterocycles. The van der Waals surface area contributed by atoms with Crippen LogP contribution in [0.2, 0.25) is 0 Å². The SMILES string of the molecule is CCCn1c(Sc2nc(C)cc(C)c2C(=O)O)n[nH]c1=O. The summed E-state index contributed by atoms with van der Waals surface area (Å²) in [5.74, 6) is -1.04. The number of H-pyrrole nitrogens is 1. The van der Waals surface area contributed by atoms with Crippen LogP contribution >= 0.6 is 11.8 Å². The molecule has 0 aliphatic carbocycles. The van der Waals surface area contributed by atoms with E-state index in [1.807, 2.05) is 6.92 Å². The van der Waals surface area contributed by atoms with Gasteiger partial charge in [0.1, 0.15) is 5.03 Å². The molecule has 0 bridgehead atoms. The first kappa shape index (κ1) is 15.3. The number of pyridine rings is 1. The van der Waals surface area contributed by atoms with Crippen LogP contribution in [-0.4, -0.2) is 30.8 Å². The van der Waals surface area contributed by atoms with Gasteiger partial charge in [0, 0.05) is 12.2 Å². The minimum absolute atomic E-state index is 0.143. The number of aryl methyl sites for hydroxylation is 2. The van der Waals surface area contributed by atoms with Crippen molar-refractivity contribution in [2.24, 2.45) is 0 Å². The molecule has 2 rings (SSSR count). The van der Waals surface area contributed by atoms with Gasteiger partial charge in [0.15, 0.2) is 5.16 Å². The van der Waals surface area contributed by atoms with Crippen molar-refractivity contribution in [3.8, 4) is 0 Å². The Morgan fingerprint density at radius 2 is 2.19 bits per heavy atom. The van der Waals surface area contributed by atoms with Crippen molar-refractivity contribution in [1.29, 1.82) is 0 Å². The Bertz CT molecular complexity index is 736. The molecule has 0 saturated carbocycles. The van der Waals surface area contributed by atoms with E-state index in [1.54, 1.807) is 19.9 Å². The van der Waals surface area contributed by atoms with E-state index in [0.717, 1.165) is 23.9 Å². The Labute approximate surface area is 125 Å². The molecule has 0 unspecified atom stereocenters. The Morgan fingerprint density at radius 3 is 2.81 bits per heavy atom. The molecule has 0 radical (unpaired) electrons. The third-order valence-corrected chi connectivity index (χ3v) is 3.87. The van der Waals surface area contributed by atoms with Gasteiger partial charge in [0.2, 0.25) is 0 Å². The molecule has 2 aromatic rings. The first-order valence-corrected chi connectivity index (χ1v) is 7.30. The van der Waals surface area contributed by atoms with Gasteiger partial charge in [-0.3, -0.25) is 4.57 Å². The average Bonchev–Trinajstić information content (AvgIpc) is 2.70. The first-order valence-electron chi connectivity index (χ1n) is 6.48. The molecule has 8 heteroatoms. The van der Waals surface area contributed by atoms with E-state index >= 15 is 0 Å². The predicted octanol–water partition coefficient (Wildman–Crippen LogP) is 1.84. The molecular formula is C13H16N4O3S. The van der Waals surface area contributed by atoms with Crippen LogP contribution in [0.3, 0.4) is 0 Å². The van der Waals surface area contributed by atoms with E-state index < -0.39 is 5.97 Å². The molecule has 2 N–H and O–H groups in total. The fraction of sp³-hybridized carbons (Fsp3) is 0.385. The van der Waals surface area contributed by atoms with Crippen molar-refractivity contribution in [1.82, 2.24) is 19.7 Å². The van der Waals surface area contributed by atoms with Crippen LogP contribution in [0.1, 0.15) is 35.0 Å². The molecule has 0 aliphatic heterocycles. The van der Waals surface area contributed by atoms with Gasteiger partial charge < -0.3 is 5.11 Å². The summed E-state index contributed by atoms with van der Waals surface area (Å²) in [6, 6.07) is 1.72. The number of aromatic amines is 1. The summed E-state index contributed by atoms with van der Waals surface area (Å²) in [7, 11) is 0. The molecule has 0 aliphatic rings. The number of nitrogens with one attached hydrogen (secondary N) is 1. The zero-order valence-electron chi connectivity index (χ0n) is 12.0. The second kappa shape index (κ2) is 6.13. The van der Waals surface area contributed by atoms with Crippen molar-refractivity contribution in [2.45, 2.75) is 43.9 Å². The second-order valence-electron chi connectivity index (χ2n) is 4.63. The topological polar surface area (TPSA) is 101 Å². The van der Waals surface area contributed by atoms with Crippen molar-refractivity contribution in [2.75, 3.05) is 0 Å². The van der Waals surface area contributed by atoms with Crippen molar-refractivity contribution in [3.63, 3.8) is 0 Å². The average molecular weight is 308 g/mol. The lowest BCUT2D eigenvalue weighted by Gasteiger charge is -2.09. The summed E-state index contributed by atoms with van der Waals surface area (Å²) in [5, 5.41) is 16.4. The minimum atomic E-state index is -1.04. The van der Waals surface area contributed by atoms with Crippen LogP contribution in [0, 0.1) is 13.8 Å². The molecule has 0 fully saturated rings. The fourth-order valence-electron chi connectivity index (χ4n) is 2.02. The van der Waals surface area contributed by atoms with Crippen LogP contribution in [0.4, 0.5) is 0 Å². The van der Waals surface area contributed by atoms with Gasteiger partial charge in [-0.25, -0.2) is 19.7 Å². The monoisotopic (exact) mass is 308 g/mol. The number of nitrogens with zero attached hydrogens (tertiary/aromatic N) is 3. The van der Waals surface area contributed by atoms with E-state index in [4.69, 9.17) is 0 Å². The van der Waals surface area contributed by atoms with Crippen molar-refractivity contribution < 1.29 is 9.90 Å². The Morgan fingerprint density at radius 1 is 1.48 bits per heavy atom. The summed E-state index contributed by atoms with van der Waals surface area (Å²) >= 11 is 1.09. The summed E-state index contributed by atoms with van der Waals surface area (Å²) in [6.45, 7) is 5.99. The molecule has 0 aromatic carbocycles. The van der Waals surface area contributed by atoms with E-state index in [0.29, 0.717) is 22.3 Å². The molecule has 0 amide bonds. The zero-order valence-corrected chi connectivity index (χ0v) is 12.8. The maximum atomic E-state index is 11.7. The molecule has 112 valence electrons. The third-order valence-electron chi connectivity index (χ3n) is 2.88. The normalized spacial score (nSPS) is 10.8. The minimum Gasteiger partial charge on any atom is -0.478 e. The highest BCUT2D eigenvalue weighted by molar-refractivity contribution is 7.99. The highest BCUT2D eigenvalue weighted by Gasteiger charge is 2.19. The van der Waals surface area contributed by atoms with Crippen LogP contribution in [0.5, 0.6) is 0 Å². The van der Waals surface area contributed by atoms with Gasteiger partial charge in [-0.05, 0) is 43.7 Å². The summed E-state index contributed by atoms with van der Waals surface area (Å²) < 4.78 is 1.48. The van der Waals surface area contributed by atoms with Gasteiger partial charge >= 0.3 is 11.7 Å². The van der Waals surface area contributed by atoms with Gasteiger partial charge in [0.25, 0.3) is 0 Å². The molecule has 2 aromatic heterocycles. The van der Waals surface area contributed by atoms with E-state index in [1.165, 1.54) is 4.57 Å². The predicted molar refractivity (Wildman–Crippen MR) is 77.9 cm³/mol. The van der Waals surface area contributed by atoms with Crippen LogP contribution in [0.25, 0.3) is 0 Å². The van der Waals surface area contributed by atoms with E-state index in [2.05, 4.69) is 15.2 Å². The molecular weight excluding hydrogens is 292 g/mol. The summed E-state index contributed by atoms with van der Waals surface area (Å²) in [5.41, 5.74) is 1.20. The van der Waals surface area contributed by atoms with Crippen LogP contribution in [-0.2, 0) is 6.54 Å². The zero-order chi connectivity index (χ0) is 15.6. The maximum absolute atomic E-state index is 11.7. The van der Waals surface area contributed by atoms with Gasteiger partial charge in [-0.2, -0.15) is 0 Å². The number of carboxylic acids is 1. The number of carbonyl (C=O) groups is 1. The summed E-state index contributed by atoms with van der Waals surface area (Å²) in [6.07, 6.45) is 0.777. The highest BCUT2D eigenvalue weighted by atomic mass is 32.2.